The number of hydrogen-bond acceptors (Lipinski definition) is 3. The summed E-state index contributed by atoms with van der Waals surface area (Å²) in [5.41, 5.74) is 3.22. The first-order chi connectivity index (χ1) is 16.0. The first-order valence-electron chi connectivity index (χ1n) is 10.9. The second kappa shape index (κ2) is 8.71. The zero-order valence-corrected chi connectivity index (χ0v) is 18.6. The van der Waals surface area contributed by atoms with E-state index in [-0.39, 0.29) is 17.7 Å². The SMILES string of the molecule is O=C(Nc1ccc(Cl)cc1)c1ccc(CN2C(=O)C3CCCN3C(=O)c3ccccc32)cc1. The van der Waals surface area contributed by atoms with Crippen molar-refractivity contribution in [3.63, 3.8) is 0 Å². The van der Waals surface area contributed by atoms with Crippen LogP contribution >= 0.6 is 11.6 Å². The Kier molecular flexibility index (Phi) is 5.60. The van der Waals surface area contributed by atoms with Gasteiger partial charge in [-0.1, -0.05) is 35.9 Å². The van der Waals surface area contributed by atoms with Crippen LogP contribution in [0.5, 0.6) is 0 Å². The summed E-state index contributed by atoms with van der Waals surface area (Å²) in [4.78, 5) is 42.4. The van der Waals surface area contributed by atoms with Gasteiger partial charge >= 0.3 is 0 Å². The van der Waals surface area contributed by atoms with E-state index in [0.717, 1.165) is 12.0 Å². The van der Waals surface area contributed by atoms with Crippen molar-refractivity contribution in [2.24, 2.45) is 0 Å². The van der Waals surface area contributed by atoms with Crippen LogP contribution in [0.3, 0.4) is 0 Å². The Hall–Kier alpha value is -3.64. The number of para-hydroxylation sites is 1. The maximum atomic E-state index is 13.4. The minimum atomic E-state index is -0.422. The van der Waals surface area contributed by atoms with Crippen molar-refractivity contribution in [1.82, 2.24) is 4.90 Å². The Morgan fingerprint density at radius 1 is 0.970 bits per heavy atom. The van der Waals surface area contributed by atoms with E-state index in [9.17, 15) is 14.4 Å². The summed E-state index contributed by atoms with van der Waals surface area (Å²) in [5, 5.41) is 3.44. The third-order valence-electron chi connectivity index (χ3n) is 6.15. The molecule has 1 unspecified atom stereocenters. The summed E-state index contributed by atoms with van der Waals surface area (Å²) in [6.07, 6.45) is 1.51. The van der Waals surface area contributed by atoms with Crippen LogP contribution in [0.2, 0.25) is 5.02 Å². The molecule has 3 aromatic carbocycles. The Balaban J connectivity index is 1.37. The number of hydrogen-bond donors (Lipinski definition) is 1. The summed E-state index contributed by atoms with van der Waals surface area (Å²) < 4.78 is 0. The molecular formula is C26H22ClN3O3. The third-order valence-corrected chi connectivity index (χ3v) is 6.40. The second-order valence-corrected chi connectivity index (χ2v) is 8.69. The Morgan fingerprint density at radius 2 is 1.70 bits per heavy atom. The van der Waals surface area contributed by atoms with Gasteiger partial charge in [-0.3, -0.25) is 14.4 Å². The van der Waals surface area contributed by atoms with Crippen LogP contribution in [-0.2, 0) is 11.3 Å². The molecule has 7 heteroatoms. The summed E-state index contributed by atoms with van der Waals surface area (Å²) >= 11 is 5.89. The molecule has 3 aromatic rings. The van der Waals surface area contributed by atoms with Crippen LogP contribution in [0.4, 0.5) is 11.4 Å². The quantitative estimate of drug-likeness (QED) is 0.612. The topological polar surface area (TPSA) is 69.7 Å². The van der Waals surface area contributed by atoms with Crippen LogP contribution in [0, 0.1) is 0 Å². The summed E-state index contributed by atoms with van der Waals surface area (Å²) in [6, 6.07) is 20.9. The predicted molar refractivity (Wildman–Crippen MR) is 128 cm³/mol. The van der Waals surface area contributed by atoms with E-state index in [1.807, 2.05) is 30.3 Å². The molecule has 1 saturated heterocycles. The molecule has 0 aromatic heterocycles. The normalized spacial score (nSPS) is 17.4. The molecule has 1 N–H and O–H groups in total. The van der Waals surface area contributed by atoms with Gasteiger partial charge in [0.25, 0.3) is 11.8 Å². The van der Waals surface area contributed by atoms with E-state index in [4.69, 9.17) is 11.6 Å². The standard InChI is InChI=1S/C26H22ClN3O3/c27-19-11-13-20(14-12-19)28-24(31)18-9-7-17(8-10-18)16-30-22-5-2-1-4-21(22)25(32)29-15-3-6-23(29)26(30)33/h1-2,4-5,7-14,23H,3,6,15-16H2,(H,28,31). The Bertz CT molecular complexity index is 1220. The maximum absolute atomic E-state index is 13.4. The van der Waals surface area contributed by atoms with Gasteiger partial charge in [-0.15, -0.1) is 0 Å². The number of halogens is 1. The zero-order valence-electron chi connectivity index (χ0n) is 17.8. The van der Waals surface area contributed by atoms with Crippen molar-refractivity contribution in [2.75, 3.05) is 16.8 Å². The van der Waals surface area contributed by atoms with Crippen LogP contribution in [0.25, 0.3) is 0 Å². The molecule has 166 valence electrons. The molecule has 1 atom stereocenters. The predicted octanol–water partition coefficient (Wildman–Crippen LogP) is 4.74. The number of carbonyl (C=O) groups excluding carboxylic acids is 3. The molecule has 0 radical (unpaired) electrons. The molecule has 2 aliphatic heterocycles. The molecule has 6 nitrogen and oxygen atoms in total. The smallest absolute Gasteiger partial charge is 0.256 e. The van der Waals surface area contributed by atoms with Gasteiger partial charge in [0.05, 0.1) is 17.8 Å². The first kappa shape index (κ1) is 21.2. The summed E-state index contributed by atoms with van der Waals surface area (Å²) in [7, 11) is 0. The highest BCUT2D eigenvalue weighted by Gasteiger charge is 2.41. The largest absolute Gasteiger partial charge is 0.327 e. The van der Waals surface area contributed by atoms with Gasteiger partial charge in [0, 0.05) is 22.8 Å². The van der Waals surface area contributed by atoms with E-state index < -0.39 is 6.04 Å². The van der Waals surface area contributed by atoms with Crippen LogP contribution < -0.4 is 10.2 Å². The minimum absolute atomic E-state index is 0.0599. The van der Waals surface area contributed by atoms with Crippen molar-refractivity contribution in [2.45, 2.75) is 25.4 Å². The third kappa shape index (κ3) is 4.10. The molecule has 0 saturated carbocycles. The maximum Gasteiger partial charge on any atom is 0.256 e. The summed E-state index contributed by atoms with van der Waals surface area (Å²) in [6.45, 7) is 0.932. The number of rotatable bonds is 4. The molecule has 3 amide bonds. The summed E-state index contributed by atoms with van der Waals surface area (Å²) in [5.74, 6) is -0.374. The molecule has 0 aliphatic carbocycles. The van der Waals surface area contributed by atoms with E-state index in [1.165, 1.54) is 0 Å². The van der Waals surface area contributed by atoms with Crippen LogP contribution in [-0.4, -0.2) is 35.2 Å². The molecule has 0 bridgehead atoms. The Morgan fingerprint density at radius 3 is 2.45 bits per heavy atom. The number of anilines is 2. The minimum Gasteiger partial charge on any atom is -0.327 e. The van der Waals surface area contributed by atoms with Gasteiger partial charge in [0.2, 0.25) is 5.91 Å². The van der Waals surface area contributed by atoms with Gasteiger partial charge in [-0.2, -0.15) is 0 Å². The highest BCUT2D eigenvalue weighted by Crippen LogP contribution is 2.33. The van der Waals surface area contributed by atoms with Gasteiger partial charge < -0.3 is 15.1 Å². The van der Waals surface area contributed by atoms with Gasteiger partial charge in [0.15, 0.2) is 0 Å². The van der Waals surface area contributed by atoms with E-state index in [0.29, 0.717) is 47.0 Å². The Labute approximate surface area is 196 Å². The lowest BCUT2D eigenvalue weighted by Gasteiger charge is -2.26. The highest BCUT2D eigenvalue weighted by molar-refractivity contribution is 6.30. The number of fused-ring (bicyclic) bond motifs is 2. The lowest BCUT2D eigenvalue weighted by molar-refractivity contribution is -0.122. The van der Waals surface area contributed by atoms with Crippen LogP contribution in [0.1, 0.15) is 39.1 Å². The highest BCUT2D eigenvalue weighted by atomic mass is 35.5. The lowest BCUT2D eigenvalue weighted by atomic mass is 10.1. The molecule has 2 aliphatic rings. The molecule has 5 rings (SSSR count). The number of nitrogens with one attached hydrogen (secondary N) is 1. The van der Waals surface area contributed by atoms with E-state index >= 15 is 0 Å². The van der Waals surface area contributed by atoms with E-state index in [2.05, 4.69) is 5.32 Å². The van der Waals surface area contributed by atoms with Gasteiger partial charge in [-0.05, 0) is 66.9 Å². The lowest BCUT2D eigenvalue weighted by Crippen LogP contribution is -2.44. The van der Waals surface area contributed by atoms with Crippen molar-refractivity contribution < 1.29 is 14.4 Å². The number of benzene rings is 3. The van der Waals surface area contributed by atoms with E-state index in [1.54, 1.807) is 52.3 Å². The van der Waals surface area contributed by atoms with Crippen molar-refractivity contribution in [1.29, 1.82) is 0 Å². The fourth-order valence-electron chi connectivity index (χ4n) is 4.45. The monoisotopic (exact) mass is 459 g/mol. The van der Waals surface area contributed by atoms with Crippen LogP contribution in [0.15, 0.2) is 72.8 Å². The fourth-order valence-corrected chi connectivity index (χ4v) is 4.58. The average Bonchev–Trinajstić information content (AvgIpc) is 3.31. The fraction of sp³-hybridized carbons (Fsp3) is 0.192. The molecular weight excluding hydrogens is 438 g/mol. The van der Waals surface area contributed by atoms with Crippen molar-refractivity contribution >= 4 is 40.7 Å². The van der Waals surface area contributed by atoms with Gasteiger partial charge in [0.1, 0.15) is 6.04 Å². The second-order valence-electron chi connectivity index (χ2n) is 8.26. The van der Waals surface area contributed by atoms with Crippen molar-refractivity contribution in [3.05, 3.63) is 94.5 Å². The number of amides is 3. The number of nitrogens with zero attached hydrogens (tertiary/aromatic N) is 2. The zero-order chi connectivity index (χ0) is 22.9. The average molecular weight is 460 g/mol. The molecule has 33 heavy (non-hydrogen) atoms. The van der Waals surface area contributed by atoms with Gasteiger partial charge in [-0.25, -0.2) is 0 Å². The van der Waals surface area contributed by atoms with Crippen molar-refractivity contribution in [3.8, 4) is 0 Å². The molecule has 1 fully saturated rings. The molecule has 2 heterocycles. The number of carbonyl (C=O) groups is 3. The molecule has 0 spiro atoms. The first-order valence-corrected chi connectivity index (χ1v) is 11.3.